The number of carbonyl (C=O) groups is 2. The van der Waals surface area contributed by atoms with E-state index in [9.17, 15) is 19.8 Å². The fourth-order valence-electron chi connectivity index (χ4n) is 6.07. The molecular weight excluding hydrogens is 504 g/mol. The lowest BCUT2D eigenvalue weighted by Gasteiger charge is -2.40. The molecule has 1 amide bonds. The van der Waals surface area contributed by atoms with Crippen LogP contribution in [-0.2, 0) is 20.7 Å². The number of ether oxygens (including phenoxy) is 4. The number of benzene rings is 2. The van der Waals surface area contributed by atoms with Gasteiger partial charge < -0.3 is 34.1 Å². The Morgan fingerprint density at radius 3 is 2.23 bits per heavy atom. The van der Waals surface area contributed by atoms with E-state index in [1.165, 1.54) is 32.3 Å². The summed E-state index contributed by atoms with van der Waals surface area (Å²) in [6.45, 7) is 0. The molecule has 0 spiro atoms. The Morgan fingerprint density at radius 1 is 1.00 bits per heavy atom. The molecule has 0 bridgehead atoms. The van der Waals surface area contributed by atoms with Crippen LogP contribution < -0.4 is 14.2 Å². The van der Waals surface area contributed by atoms with Gasteiger partial charge in [0.05, 0.1) is 38.4 Å². The molecule has 0 unspecified atom stereocenters. The number of pyridine rings is 1. The van der Waals surface area contributed by atoms with E-state index in [1.807, 2.05) is 30.3 Å². The van der Waals surface area contributed by atoms with Crippen LogP contribution >= 0.6 is 0 Å². The van der Waals surface area contributed by atoms with Crippen molar-refractivity contribution in [3.8, 4) is 17.5 Å². The maximum Gasteiger partial charge on any atom is 0.337 e. The van der Waals surface area contributed by atoms with Gasteiger partial charge in [-0.05, 0) is 23.3 Å². The van der Waals surface area contributed by atoms with Crippen LogP contribution in [0.2, 0.25) is 0 Å². The number of carbonyl (C=O) groups excluding carboxylic acids is 2. The molecule has 2 heterocycles. The molecule has 1 aliphatic heterocycles. The first kappa shape index (κ1) is 26.5. The van der Waals surface area contributed by atoms with Crippen molar-refractivity contribution in [2.75, 3.05) is 35.4 Å². The summed E-state index contributed by atoms with van der Waals surface area (Å²) < 4.78 is 22.5. The fraction of sp³-hybridized carbons (Fsp3) is 0.345. The lowest BCUT2D eigenvalue weighted by Crippen LogP contribution is -2.52. The molecular formula is C29H30N2O8. The van der Waals surface area contributed by atoms with Crippen LogP contribution in [0.3, 0.4) is 0 Å². The molecule has 5 atom stereocenters. The van der Waals surface area contributed by atoms with Crippen molar-refractivity contribution in [1.82, 2.24) is 9.88 Å². The van der Waals surface area contributed by atoms with Crippen LogP contribution in [0.25, 0.3) is 0 Å². The zero-order chi connectivity index (χ0) is 28.1. The summed E-state index contributed by atoms with van der Waals surface area (Å²) in [4.78, 5) is 31.6. The molecule has 2 aliphatic rings. The van der Waals surface area contributed by atoms with Gasteiger partial charge in [-0.15, -0.1) is 0 Å². The largest absolute Gasteiger partial charge is 0.481 e. The molecule has 0 saturated heterocycles. The Labute approximate surface area is 225 Å². The number of rotatable bonds is 6. The maximum atomic E-state index is 13.7. The van der Waals surface area contributed by atoms with Gasteiger partial charge in [-0.25, -0.2) is 4.79 Å². The predicted octanol–water partition coefficient (Wildman–Crippen LogP) is 2.22. The third kappa shape index (κ3) is 3.59. The van der Waals surface area contributed by atoms with Crippen LogP contribution in [0.1, 0.15) is 33.0 Å². The summed E-state index contributed by atoms with van der Waals surface area (Å²) in [7, 11) is 7.29. The van der Waals surface area contributed by atoms with E-state index in [2.05, 4.69) is 4.98 Å². The first-order valence-electron chi connectivity index (χ1n) is 12.3. The van der Waals surface area contributed by atoms with Crippen LogP contribution in [-0.4, -0.2) is 73.5 Å². The molecule has 2 aromatic carbocycles. The average molecular weight is 535 g/mol. The fourth-order valence-corrected chi connectivity index (χ4v) is 6.07. The lowest BCUT2D eigenvalue weighted by atomic mass is 9.70. The van der Waals surface area contributed by atoms with Crippen LogP contribution in [0.4, 0.5) is 0 Å². The van der Waals surface area contributed by atoms with Crippen molar-refractivity contribution >= 4 is 11.9 Å². The molecule has 1 aliphatic carbocycles. The Hall–Kier alpha value is -4.15. The highest BCUT2D eigenvalue weighted by molar-refractivity contribution is 5.89. The van der Waals surface area contributed by atoms with Crippen molar-refractivity contribution in [3.05, 3.63) is 82.9 Å². The Kier molecular flexibility index (Phi) is 6.48. The number of fused-ring (bicyclic) bond motifs is 3. The second-order valence-corrected chi connectivity index (χ2v) is 9.81. The smallest absolute Gasteiger partial charge is 0.337 e. The third-order valence-electron chi connectivity index (χ3n) is 7.73. The van der Waals surface area contributed by atoms with E-state index >= 15 is 0 Å². The summed E-state index contributed by atoms with van der Waals surface area (Å²) >= 11 is 0. The number of methoxy groups -OCH3 is 3. The van der Waals surface area contributed by atoms with E-state index in [1.54, 1.807) is 38.4 Å². The molecule has 5 rings (SSSR count). The Morgan fingerprint density at radius 2 is 1.67 bits per heavy atom. The van der Waals surface area contributed by atoms with Gasteiger partial charge in [0.2, 0.25) is 17.7 Å². The van der Waals surface area contributed by atoms with Crippen LogP contribution in [0, 0.1) is 5.92 Å². The number of aliphatic hydroxyl groups excluding tert-OH is 1. The highest BCUT2D eigenvalue weighted by Crippen LogP contribution is 2.70. The van der Waals surface area contributed by atoms with Gasteiger partial charge in [-0.1, -0.05) is 42.5 Å². The molecule has 1 fully saturated rings. The van der Waals surface area contributed by atoms with Crippen LogP contribution in [0.5, 0.6) is 17.5 Å². The van der Waals surface area contributed by atoms with E-state index in [-0.39, 0.29) is 28.6 Å². The lowest BCUT2D eigenvalue weighted by molar-refractivity contribution is -0.156. The van der Waals surface area contributed by atoms with Crippen molar-refractivity contribution < 1.29 is 38.7 Å². The average Bonchev–Trinajstić information content (AvgIpc) is 3.34. The third-order valence-corrected chi connectivity index (χ3v) is 7.73. The second kappa shape index (κ2) is 9.55. The minimum atomic E-state index is -2.20. The van der Waals surface area contributed by atoms with Crippen molar-refractivity contribution in [2.24, 2.45) is 5.92 Å². The van der Waals surface area contributed by atoms with E-state index in [0.717, 1.165) is 0 Å². The summed E-state index contributed by atoms with van der Waals surface area (Å²) in [5, 5.41) is 24.8. The summed E-state index contributed by atoms with van der Waals surface area (Å²) in [5.41, 5.74) is -2.45. The molecule has 39 heavy (non-hydrogen) atoms. The quantitative estimate of drug-likeness (QED) is 0.458. The summed E-state index contributed by atoms with van der Waals surface area (Å²) in [5.74, 6) is -2.56. The normalized spacial score (nSPS) is 26.7. The SMILES string of the molecule is COC(=O)c1ccc([C@@]23Oc4cc(OC)nc(OC)c4[C@]2(O)[C@H](O)[C@H](C(=O)N(C)C)[C@H]3c2ccccc2)cc1. The minimum Gasteiger partial charge on any atom is -0.481 e. The second-order valence-electron chi connectivity index (χ2n) is 9.81. The molecule has 10 nitrogen and oxygen atoms in total. The molecule has 2 N–H and O–H groups in total. The molecule has 204 valence electrons. The zero-order valence-electron chi connectivity index (χ0n) is 22.2. The molecule has 1 aromatic heterocycles. The number of hydrogen-bond acceptors (Lipinski definition) is 9. The van der Waals surface area contributed by atoms with E-state index in [0.29, 0.717) is 11.1 Å². The number of nitrogens with zero attached hydrogens (tertiary/aromatic N) is 2. The predicted molar refractivity (Wildman–Crippen MR) is 139 cm³/mol. The van der Waals surface area contributed by atoms with Gasteiger partial charge in [0.25, 0.3) is 0 Å². The number of esters is 1. The first-order valence-corrected chi connectivity index (χ1v) is 12.3. The standard InChI is InChI=1S/C29H30N2O8/c1-31(2)26(33)21-22(16-9-7-6-8-10-16)29(18-13-11-17(12-14-18)27(34)38-5)28(35,24(21)32)23-19(39-29)15-20(36-3)30-25(23)37-4/h6-15,21-22,24,32,35H,1-5H3/t21-,22-,24-,28+,29+/m1/s1. The first-order chi connectivity index (χ1) is 18.6. The van der Waals surface area contributed by atoms with Gasteiger partial charge in [0.1, 0.15) is 11.9 Å². The summed E-state index contributed by atoms with van der Waals surface area (Å²) in [6, 6.07) is 17.0. The Balaban J connectivity index is 1.87. The molecule has 1 saturated carbocycles. The molecule has 3 aromatic rings. The number of amides is 1. The summed E-state index contributed by atoms with van der Waals surface area (Å²) in [6.07, 6.45) is -1.64. The van der Waals surface area contributed by atoms with Crippen molar-refractivity contribution in [1.29, 1.82) is 0 Å². The Bertz CT molecular complexity index is 1410. The van der Waals surface area contributed by atoms with Gasteiger partial charge in [-0.2, -0.15) is 4.98 Å². The minimum absolute atomic E-state index is 0.0104. The van der Waals surface area contributed by atoms with Crippen LogP contribution in [0.15, 0.2) is 60.7 Å². The molecule has 10 heteroatoms. The van der Waals surface area contributed by atoms with Gasteiger partial charge in [-0.3, -0.25) is 4.79 Å². The maximum absolute atomic E-state index is 13.7. The molecule has 0 radical (unpaired) electrons. The van der Waals surface area contributed by atoms with E-state index < -0.39 is 41.0 Å². The number of aromatic nitrogens is 1. The number of aliphatic hydroxyl groups is 2. The number of hydrogen-bond donors (Lipinski definition) is 2. The van der Waals surface area contributed by atoms with Crippen molar-refractivity contribution in [3.63, 3.8) is 0 Å². The highest BCUT2D eigenvalue weighted by atomic mass is 16.5. The highest BCUT2D eigenvalue weighted by Gasteiger charge is 2.78. The van der Waals surface area contributed by atoms with Crippen molar-refractivity contribution in [2.45, 2.75) is 23.2 Å². The van der Waals surface area contributed by atoms with E-state index in [4.69, 9.17) is 18.9 Å². The zero-order valence-corrected chi connectivity index (χ0v) is 22.2. The van der Waals surface area contributed by atoms with Gasteiger partial charge in [0.15, 0.2) is 11.2 Å². The van der Waals surface area contributed by atoms with Gasteiger partial charge in [0, 0.05) is 26.1 Å². The van der Waals surface area contributed by atoms with Gasteiger partial charge >= 0.3 is 5.97 Å². The topological polar surface area (TPSA) is 128 Å². The monoisotopic (exact) mass is 534 g/mol.